The number of benzene rings is 1. The van der Waals surface area contributed by atoms with Gasteiger partial charge in [-0.3, -0.25) is 24.5 Å². The van der Waals surface area contributed by atoms with E-state index < -0.39 is 24.0 Å². The average Bonchev–Trinajstić information content (AvgIpc) is 2.85. The van der Waals surface area contributed by atoms with Crippen molar-refractivity contribution < 1.29 is 24.4 Å². The fraction of sp³-hybridized carbons (Fsp3) is 0.412. The predicted molar refractivity (Wildman–Crippen MR) is 87.8 cm³/mol. The minimum atomic E-state index is -1.42. The molecule has 0 radical (unpaired) electrons. The highest BCUT2D eigenvalue weighted by Crippen LogP contribution is 2.25. The van der Waals surface area contributed by atoms with E-state index in [1.807, 2.05) is 6.92 Å². The zero-order valence-corrected chi connectivity index (χ0v) is 14.0. The molecule has 8 heteroatoms. The van der Waals surface area contributed by atoms with Gasteiger partial charge in [0, 0.05) is 5.56 Å². The van der Waals surface area contributed by atoms with Crippen molar-refractivity contribution in [3.63, 3.8) is 0 Å². The summed E-state index contributed by atoms with van der Waals surface area (Å²) in [6.07, 6.45) is 1.81. The van der Waals surface area contributed by atoms with E-state index in [2.05, 4.69) is 5.32 Å². The Labute approximate surface area is 145 Å². The van der Waals surface area contributed by atoms with Crippen LogP contribution in [0.4, 0.5) is 4.79 Å². The molecule has 8 nitrogen and oxygen atoms in total. The molecule has 2 N–H and O–H groups in total. The lowest BCUT2D eigenvalue weighted by atomic mass is 9.92. The van der Waals surface area contributed by atoms with E-state index in [0.717, 1.165) is 11.3 Å². The molecule has 1 saturated heterocycles. The van der Waals surface area contributed by atoms with E-state index in [0.29, 0.717) is 17.0 Å². The number of hydrogen-bond acceptors (Lipinski definition) is 5. The first-order valence-corrected chi connectivity index (χ1v) is 8.06. The lowest BCUT2D eigenvalue weighted by Gasteiger charge is -2.28. The second-order valence-corrected chi connectivity index (χ2v) is 6.00. The zero-order valence-electron chi connectivity index (χ0n) is 14.0. The third-order valence-corrected chi connectivity index (χ3v) is 4.15. The first kappa shape index (κ1) is 18.6. The number of carbonyl (C=O) groups is 4. The molecule has 4 amide bonds. The second-order valence-electron chi connectivity index (χ2n) is 6.00. The number of ketones is 1. The maximum absolute atomic E-state index is 12.8. The minimum absolute atomic E-state index is 0.172. The summed E-state index contributed by atoms with van der Waals surface area (Å²) in [6, 6.07) is 7.65. The van der Waals surface area contributed by atoms with Crippen LogP contribution in [0, 0.1) is 0 Å². The Morgan fingerprint density at radius 3 is 2.60 bits per heavy atom. The number of unbranched alkanes of at least 4 members (excludes halogenated alkanes) is 1. The van der Waals surface area contributed by atoms with Crippen LogP contribution in [0.25, 0.3) is 0 Å². The van der Waals surface area contributed by atoms with Gasteiger partial charge in [0.1, 0.15) is 5.54 Å². The largest absolute Gasteiger partial charge is 0.325 e. The van der Waals surface area contributed by atoms with Crippen molar-refractivity contribution in [1.29, 1.82) is 0 Å². The Balaban J connectivity index is 2.20. The molecule has 2 rings (SSSR count). The first-order valence-electron chi connectivity index (χ1n) is 8.06. The predicted octanol–water partition coefficient (Wildman–Crippen LogP) is 1.20. The molecule has 1 aromatic carbocycles. The minimum Gasteiger partial charge on any atom is -0.321 e. The maximum Gasteiger partial charge on any atom is 0.325 e. The van der Waals surface area contributed by atoms with Gasteiger partial charge in [-0.15, -0.1) is 0 Å². The summed E-state index contributed by atoms with van der Waals surface area (Å²) in [4.78, 5) is 48.9. The van der Waals surface area contributed by atoms with Crippen molar-refractivity contribution in [1.82, 2.24) is 15.3 Å². The number of nitrogens with one attached hydrogen (secondary N) is 1. The van der Waals surface area contributed by atoms with E-state index in [1.165, 1.54) is 0 Å². The van der Waals surface area contributed by atoms with E-state index in [4.69, 9.17) is 0 Å². The molecule has 1 fully saturated rings. The van der Waals surface area contributed by atoms with Gasteiger partial charge >= 0.3 is 6.03 Å². The summed E-state index contributed by atoms with van der Waals surface area (Å²) < 4.78 is 0. The molecule has 0 aliphatic carbocycles. The molecule has 1 heterocycles. The fourth-order valence-electron chi connectivity index (χ4n) is 2.83. The highest BCUT2D eigenvalue weighted by Gasteiger charge is 2.52. The lowest BCUT2D eigenvalue weighted by molar-refractivity contribution is -0.157. The van der Waals surface area contributed by atoms with Gasteiger partial charge in [-0.05, 0) is 6.42 Å². The van der Waals surface area contributed by atoms with Crippen LogP contribution < -0.4 is 5.32 Å². The average molecular weight is 347 g/mol. The van der Waals surface area contributed by atoms with Gasteiger partial charge in [0.25, 0.3) is 5.91 Å². The quantitative estimate of drug-likeness (QED) is 0.229. The number of urea groups is 1. The Hall–Kier alpha value is -2.74. The van der Waals surface area contributed by atoms with E-state index in [1.54, 1.807) is 30.3 Å². The number of carbonyl (C=O) groups excluding carboxylic acids is 4. The molecule has 1 atom stereocenters. The van der Waals surface area contributed by atoms with E-state index >= 15 is 0 Å². The topological polar surface area (TPSA) is 107 Å². The second kappa shape index (κ2) is 7.89. The summed E-state index contributed by atoms with van der Waals surface area (Å²) >= 11 is 0. The van der Waals surface area contributed by atoms with Crippen LogP contribution in [-0.4, -0.2) is 57.9 Å². The Bertz CT molecular complexity index is 664. The molecule has 1 aliphatic rings. The molecule has 25 heavy (non-hydrogen) atoms. The molecule has 0 bridgehead atoms. The van der Waals surface area contributed by atoms with Crippen molar-refractivity contribution in [3.8, 4) is 0 Å². The molecular formula is C17H21N3O5. The van der Waals surface area contributed by atoms with Crippen LogP contribution in [0.2, 0.25) is 0 Å². The summed E-state index contributed by atoms with van der Waals surface area (Å²) in [7, 11) is 0. The van der Waals surface area contributed by atoms with Gasteiger partial charge in [0.2, 0.25) is 6.41 Å². The Morgan fingerprint density at radius 2 is 2.00 bits per heavy atom. The van der Waals surface area contributed by atoms with Crippen LogP contribution >= 0.6 is 0 Å². The van der Waals surface area contributed by atoms with Gasteiger partial charge in [-0.2, -0.15) is 0 Å². The molecule has 0 aromatic heterocycles. The smallest absolute Gasteiger partial charge is 0.321 e. The third-order valence-electron chi connectivity index (χ3n) is 4.15. The zero-order chi connectivity index (χ0) is 18.4. The van der Waals surface area contributed by atoms with E-state index in [9.17, 15) is 24.4 Å². The molecule has 0 saturated carbocycles. The molecule has 0 unspecified atom stereocenters. The lowest BCUT2D eigenvalue weighted by Crippen LogP contribution is -2.54. The SMILES string of the molecule is CCCC[C@@]1(CN(O)C=O)NC(=O)N(CC(=O)c2ccccc2)C1=O. The van der Waals surface area contributed by atoms with Crippen molar-refractivity contribution in [3.05, 3.63) is 35.9 Å². The molecule has 1 aromatic rings. The number of Topliss-reactive ketones (excluding diaryl/α,β-unsaturated/α-hetero) is 1. The van der Waals surface area contributed by atoms with Crippen molar-refractivity contribution >= 4 is 24.1 Å². The number of hydroxylamine groups is 2. The van der Waals surface area contributed by atoms with Crippen molar-refractivity contribution in [2.75, 3.05) is 13.1 Å². The van der Waals surface area contributed by atoms with Crippen molar-refractivity contribution in [2.45, 2.75) is 31.7 Å². The van der Waals surface area contributed by atoms with Crippen molar-refractivity contribution in [2.24, 2.45) is 0 Å². The standard InChI is InChI=1S/C17H21N3O5/c1-2-3-9-17(11-19(25)12-21)15(23)20(16(24)18-17)10-14(22)13-7-5-4-6-8-13/h4-8,12,25H,2-3,9-11H2,1H3,(H,18,24)/t17-/m0/s1. The van der Waals surface area contributed by atoms with Crippen LogP contribution in [0.3, 0.4) is 0 Å². The molecular weight excluding hydrogens is 326 g/mol. The van der Waals surface area contributed by atoms with Gasteiger partial charge in [-0.25, -0.2) is 9.86 Å². The third kappa shape index (κ3) is 4.03. The summed E-state index contributed by atoms with van der Waals surface area (Å²) in [5.41, 5.74) is -1.02. The maximum atomic E-state index is 12.8. The van der Waals surface area contributed by atoms with Crippen LogP contribution in [0.15, 0.2) is 30.3 Å². The number of hydrogen-bond donors (Lipinski definition) is 2. The molecule has 0 spiro atoms. The first-order chi connectivity index (χ1) is 11.9. The van der Waals surface area contributed by atoms with Gasteiger partial charge in [-0.1, -0.05) is 50.1 Å². The summed E-state index contributed by atoms with van der Waals surface area (Å²) in [6.45, 7) is 1.16. The normalized spacial score (nSPS) is 19.7. The summed E-state index contributed by atoms with van der Waals surface area (Å²) in [5, 5.41) is 12.4. The van der Waals surface area contributed by atoms with Gasteiger partial charge in [0.15, 0.2) is 5.78 Å². The van der Waals surface area contributed by atoms with Gasteiger partial charge < -0.3 is 5.32 Å². The van der Waals surface area contributed by atoms with Crippen LogP contribution in [0.5, 0.6) is 0 Å². The monoisotopic (exact) mass is 347 g/mol. The van der Waals surface area contributed by atoms with Crippen LogP contribution in [-0.2, 0) is 9.59 Å². The number of imide groups is 1. The highest BCUT2D eigenvalue weighted by atomic mass is 16.5. The molecule has 134 valence electrons. The fourth-order valence-corrected chi connectivity index (χ4v) is 2.83. The highest BCUT2D eigenvalue weighted by molar-refractivity contribution is 6.11. The number of nitrogens with zero attached hydrogens (tertiary/aromatic N) is 2. The van der Waals surface area contributed by atoms with E-state index in [-0.39, 0.29) is 25.2 Å². The number of rotatable bonds is 9. The summed E-state index contributed by atoms with van der Waals surface area (Å²) in [5.74, 6) is -0.984. The Morgan fingerprint density at radius 1 is 1.32 bits per heavy atom. The Kier molecular flexibility index (Phi) is 5.87. The van der Waals surface area contributed by atoms with Gasteiger partial charge in [0.05, 0.1) is 13.1 Å². The molecule has 1 aliphatic heterocycles. The van der Waals surface area contributed by atoms with Crippen LogP contribution in [0.1, 0.15) is 36.5 Å². The number of amides is 4.